The van der Waals surface area contributed by atoms with Crippen LogP contribution in [0.4, 0.5) is 5.69 Å². The number of aryl methyl sites for hydroxylation is 1. The molecule has 0 saturated carbocycles. The Morgan fingerprint density at radius 2 is 2.06 bits per heavy atom. The molecule has 0 aliphatic carbocycles. The minimum absolute atomic E-state index is 0.713. The number of hydrogen-bond acceptors (Lipinski definition) is 2. The molecule has 1 aromatic carbocycles. The van der Waals surface area contributed by atoms with Crippen LogP contribution in [0.3, 0.4) is 0 Å². The molecule has 0 unspecified atom stereocenters. The summed E-state index contributed by atoms with van der Waals surface area (Å²) in [6.07, 6.45) is 1.10. The molecule has 0 fully saturated rings. The van der Waals surface area contributed by atoms with Crippen molar-refractivity contribution in [1.29, 1.82) is 0 Å². The van der Waals surface area contributed by atoms with Crippen molar-refractivity contribution < 1.29 is 0 Å². The van der Waals surface area contributed by atoms with Crippen molar-refractivity contribution in [3.05, 3.63) is 34.5 Å². The van der Waals surface area contributed by atoms with Crippen LogP contribution in [0.15, 0.2) is 18.2 Å². The summed E-state index contributed by atoms with van der Waals surface area (Å²) in [5, 5.41) is 5.29. The van der Waals surface area contributed by atoms with Crippen molar-refractivity contribution in [2.75, 3.05) is 11.9 Å². The first-order valence-electron chi connectivity index (χ1n) is 5.94. The van der Waals surface area contributed by atoms with E-state index >= 15 is 0 Å². The van der Waals surface area contributed by atoms with Gasteiger partial charge >= 0.3 is 0 Å². The number of nitrogens with one attached hydrogen (secondary N) is 1. The number of fused-ring (bicyclic) bond motifs is 1. The quantitative estimate of drug-likeness (QED) is 0.875. The standard InChI is InChI=1S/C14H17ClN2/c1-4-8-16-13-9(2)10(3)17-14-11(13)6-5-7-12(14)15/h5-7H,4,8H2,1-3H3,(H,16,17). The second kappa shape index (κ2) is 4.92. The van der Waals surface area contributed by atoms with Gasteiger partial charge in [-0.25, -0.2) is 0 Å². The maximum atomic E-state index is 6.20. The van der Waals surface area contributed by atoms with E-state index in [2.05, 4.69) is 30.2 Å². The van der Waals surface area contributed by atoms with Gasteiger partial charge in [0.15, 0.2) is 0 Å². The van der Waals surface area contributed by atoms with E-state index in [9.17, 15) is 0 Å². The van der Waals surface area contributed by atoms with Crippen LogP contribution in [0.5, 0.6) is 0 Å². The molecular weight excluding hydrogens is 232 g/mol. The fourth-order valence-corrected chi connectivity index (χ4v) is 2.16. The molecule has 90 valence electrons. The second-order valence-electron chi connectivity index (χ2n) is 4.26. The fourth-order valence-electron chi connectivity index (χ4n) is 1.94. The molecule has 1 heterocycles. The van der Waals surface area contributed by atoms with Crippen LogP contribution in [0, 0.1) is 13.8 Å². The predicted octanol–water partition coefficient (Wildman–Crippen LogP) is 4.33. The van der Waals surface area contributed by atoms with E-state index in [1.54, 1.807) is 0 Å². The number of aromatic nitrogens is 1. The molecule has 2 aromatic rings. The van der Waals surface area contributed by atoms with Gasteiger partial charge in [0.25, 0.3) is 0 Å². The number of benzene rings is 1. The Bertz CT molecular complexity index is 549. The van der Waals surface area contributed by atoms with Crippen LogP contribution in [-0.2, 0) is 0 Å². The van der Waals surface area contributed by atoms with Gasteiger partial charge in [-0.05, 0) is 31.9 Å². The van der Waals surface area contributed by atoms with E-state index in [1.807, 2.05) is 19.1 Å². The van der Waals surface area contributed by atoms with Crippen LogP contribution in [0.2, 0.25) is 5.02 Å². The number of nitrogens with zero attached hydrogens (tertiary/aromatic N) is 1. The molecule has 2 rings (SSSR count). The summed E-state index contributed by atoms with van der Waals surface area (Å²) in [4.78, 5) is 4.57. The van der Waals surface area contributed by atoms with E-state index in [4.69, 9.17) is 11.6 Å². The molecule has 3 heteroatoms. The molecule has 0 aliphatic rings. The van der Waals surface area contributed by atoms with Crippen LogP contribution in [0.25, 0.3) is 10.9 Å². The van der Waals surface area contributed by atoms with Gasteiger partial charge in [0.1, 0.15) is 0 Å². The third-order valence-electron chi connectivity index (χ3n) is 3.01. The number of pyridine rings is 1. The number of halogens is 1. The number of para-hydroxylation sites is 1. The number of rotatable bonds is 3. The summed E-state index contributed by atoms with van der Waals surface area (Å²) in [6.45, 7) is 7.24. The minimum Gasteiger partial charge on any atom is -0.384 e. The maximum Gasteiger partial charge on any atom is 0.0912 e. The Hall–Kier alpha value is -1.28. The normalized spacial score (nSPS) is 10.8. The highest BCUT2D eigenvalue weighted by Gasteiger charge is 2.10. The largest absolute Gasteiger partial charge is 0.384 e. The molecule has 0 bridgehead atoms. The Balaban J connectivity index is 2.69. The lowest BCUT2D eigenvalue weighted by Crippen LogP contribution is -2.04. The van der Waals surface area contributed by atoms with Gasteiger partial charge in [-0.15, -0.1) is 0 Å². The number of anilines is 1. The van der Waals surface area contributed by atoms with Gasteiger partial charge in [-0.3, -0.25) is 4.98 Å². The predicted molar refractivity (Wildman–Crippen MR) is 75.0 cm³/mol. The van der Waals surface area contributed by atoms with E-state index < -0.39 is 0 Å². The molecule has 0 spiro atoms. The van der Waals surface area contributed by atoms with Crippen molar-refractivity contribution in [1.82, 2.24) is 4.98 Å². The van der Waals surface area contributed by atoms with Crippen LogP contribution < -0.4 is 5.32 Å². The van der Waals surface area contributed by atoms with Crippen LogP contribution in [-0.4, -0.2) is 11.5 Å². The van der Waals surface area contributed by atoms with Gasteiger partial charge in [0.2, 0.25) is 0 Å². The topological polar surface area (TPSA) is 24.9 Å². The maximum absolute atomic E-state index is 6.20. The summed E-state index contributed by atoms with van der Waals surface area (Å²) in [6, 6.07) is 5.92. The first-order valence-corrected chi connectivity index (χ1v) is 6.32. The summed E-state index contributed by atoms with van der Waals surface area (Å²) < 4.78 is 0. The smallest absolute Gasteiger partial charge is 0.0912 e. The molecular formula is C14H17ClN2. The third-order valence-corrected chi connectivity index (χ3v) is 3.31. The summed E-state index contributed by atoms with van der Waals surface area (Å²) in [5.41, 5.74) is 4.28. The SMILES string of the molecule is CCCNc1c(C)c(C)nc2c(Cl)cccc12. The zero-order chi connectivity index (χ0) is 12.4. The minimum atomic E-state index is 0.713. The molecule has 0 atom stereocenters. The number of hydrogen-bond donors (Lipinski definition) is 1. The molecule has 0 radical (unpaired) electrons. The average Bonchev–Trinajstić information content (AvgIpc) is 2.31. The molecule has 1 aromatic heterocycles. The zero-order valence-electron chi connectivity index (χ0n) is 10.5. The highest BCUT2D eigenvalue weighted by atomic mass is 35.5. The lowest BCUT2D eigenvalue weighted by molar-refractivity contribution is 0.977. The summed E-state index contributed by atoms with van der Waals surface area (Å²) in [5.74, 6) is 0. The second-order valence-corrected chi connectivity index (χ2v) is 4.67. The van der Waals surface area contributed by atoms with Gasteiger partial charge in [-0.2, -0.15) is 0 Å². The highest BCUT2D eigenvalue weighted by Crippen LogP contribution is 2.31. The summed E-state index contributed by atoms with van der Waals surface area (Å²) in [7, 11) is 0. The van der Waals surface area contributed by atoms with E-state index in [-0.39, 0.29) is 0 Å². The molecule has 2 nitrogen and oxygen atoms in total. The van der Waals surface area contributed by atoms with Gasteiger partial charge in [-0.1, -0.05) is 30.7 Å². The van der Waals surface area contributed by atoms with Crippen molar-refractivity contribution >= 4 is 28.2 Å². The van der Waals surface area contributed by atoms with E-state index in [1.165, 1.54) is 5.56 Å². The van der Waals surface area contributed by atoms with E-state index in [0.717, 1.165) is 35.2 Å². The summed E-state index contributed by atoms with van der Waals surface area (Å²) >= 11 is 6.20. The van der Waals surface area contributed by atoms with Gasteiger partial charge < -0.3 is 5.32 Å². The van der Waals surface area contributed by atoms with Crippen molar-refractivity contribution in [3.8, 4) is 0 Å². The Morgan fingerprint density at radius 1 is 1.29 bits per heavy atom. The zero-order valence-corrected chi connectivity index (χ0v) is 11.2. The average molecular weight is 249 g/mol. The third kappa shape index (κ3) is 2.22. The van der Waals surface area contributed by atoms with Crippen LogP contribution in [0.1, 0.15) is 24.6 Å². The molecule has 0 saturated heterocycles. The van der Waals surface area contributed by atoms with Crippen molar-refractivity contribution in [3.63, 3.8) is 0 Å². The van der Waals surface area contributed by atoms with Crippen molar-refractivity contribution in [2.24, 2.45) is 0 Å². The molecule has 1 N–H and O–H groups in total. The van der Waals surface area contributed by atoms with E-state index in [0.29, 0.717) is 5.02 Å². The molecule has 0 aliphatic heterocycles. The van der Waals surface area contributed by atoms with Gasteiger partial charge in [0, 0.05) is 23.3 Å². The highest BCUT2D eigenvalue weighted by molar-refractivity contribution is 6.35. The van der Waals surface area contributed by atoms with Gasteiger partial charge in [0.05, 0.1) is 10.5 Å². The Labute approximate surface area is 107 Å². The lowest BCUT2D eigenvalue weighted by Gasteiger charge is -2.14. The van der Waals surface area contributed by atoms with Crippen molar-refractivity contribution in [2.45, 2.75) is 27.2 Å². The Morgan fingerprint density at radius 3 is 2.76 bits per heavy atom. The van der Waals surface area contributed by atoms with Crippen LogP contribution >= 0.6 is 11.6 Å². The lowest BCUT2D eigenvalue weighted by atomic mass is 10.1. The first-order chi connectivity index (χ1) is 8.15. The monoisotopic (exact) mass is 248 g/mol. The molecule has 0 amide bonds. The Kier molecular flexibility index (Phi) is 3.53. The molecule has 17 heavy (non-hydrogen) atoms. The first kappa shape index (κ1) is 12.2. The fraction of sp³-hybridized carbons (Fsp3) is 0.357.